The van der Waals surface area contributed by atoms with E-state index in [4.69, 9.17) is 4.74 Å². The van der Waals surface area contributed by atoms with Gasteiger partial charge in [0.1, 0.15) is 23.3 Å². The lowest BCUT2D eigenvalue weighted by Gasteiger charge is -2.32. The van der Waals surface area contributed by atoms with Gasteiger partial charge >= 0.3 is 0 Å². The van der Waals surface area contributed by atoms with Crippen LogP contribution < -0.4 is 5.32 Å². The summed E-state index contributed by atoms with van der Waals surface area (Å²) in [6.45, 7) is -0.149. The van der Waals surface area contributed by atoms with Crippen molar-refractivity contribution in [2.45, 2.75) is 36.4 Å². The van der Waals surface area contributed by atoms with E-state index in [1.165, 1.54) is 65.8 Å². The van der Waals surface area contributed by atoms with Gasteiger partial charge in [0.25, 0.3) is 15.9 Å². The Kier molecular flexibility index (Phi) is 7.90. The fourth-order valence-corrected chi connectivity index (χ4v) is 6.36. The minimum atomic E-state index is -4.27. The molecule has 12 heteroatoms. The Morgan fingerprint density at radius 2 is 1.82 bits per heavy atom. The van der Waals surface area contributed by atoms with Crippen molar-refractivity contribution in [3.05, 3.63) is 95.6 Å². The van der Waals surface area contributed by atoms with E-state index >= 15 is 0 Å². The van der Waals surface area contributed by atoms with Crippen LogP contribution in [0.2, 0.25) is 0 Å². The second kappa shape index (κ2) is 11.5. The molecule has 0 aliphatic carbocycles. The number of aromatic nitrogens is 1. The third-order valence-corrected chi connectivity index (χ3v) is 8.67. The molecule has 2 aliphatic rings. The molecule has 0 radical (unpaired) electrons. The number of sulfonamides is 1. The third kappa shape index (κ3) is 5.58. The standard InChI is InChI=1S/C28H27FN4O6S/c29-21-9-7-19(8-10-21)17-32(25(34)18-33-28(36)23-5-1-2-6-24(23)40(33,37)38)26(20-11-13-30-14-12-20)27(35)31-16-22-4-3-15-39-22/h1-2,5-14,22,26H,3-4,15-18H2,(H,31,35)/t22-,26+/m0/s1. The van der Waals surface area contributed by atoms with Gasteiger partial charge < -0.3 is 15.0 Å². The van der Waals surface area contributed by atoms with Crippen molar-refractivity contribution in [2.24, 2.45) is 0 Å². The Labute approximate surface area is 230 Å². The van der Waals surface area contributed by atoms with Crippen LogP contribution >= 0.6 is 0 Å². The number of nitrogens with zero attached hydrogens (tertiary/aromatic N) is 3. The average Bonchev–Trinajstić information content (AvgIpc) is 3.55. The van der Waals surface area contributed by atoms with Crippen molar-refractivity contribution < 1.29 is 31.9 Å². The first-order chi connectivity index (χ1) is 19.3. The topological polar surface area (TPSA) is 126 Å². The highest BCUT2D eigenvalue weighted by Gasteiger charge is 2.43. The molecule has 5 rings (SSSR count). The predicted molar refractivity (Wildman–Crippen MR) is 141 cm³/mol. The average molecular weight is 567 g/mol. The van der Waals surface area contributed by atoms with Gasteiger partial charge in [-0.15, -0.1) is 0 Å². The van der Waals surface area contributed by atoms with Crippen LogP contribution in [0.5, 0.6) is 0 Å². The first-order valence-corrected chi connectivity index (χ1v) is 14.2. The maximum absolute atomic E-state index is 13.9. The molecule has 2 atom stereocenters. The SMILES string of the molecule is O=C(NC[C@@H]1CCCO1)[C@@H](c1ccncc1)N(Cc1ccc(F)cc1)C(=O)CN1C(=O)c2ccccc2S1(=O)=O. The van der Waals surface area contributed by atoms with Gasteiger partial charge in [0, 0.05) is 32.1 Å². The van der Waals surface area contributed by atoms with E-state index in [9.17, 15) is 27.2 Å². The lowest BCUT2D eigenvalue weighted by molar-refractivity contribution is -0.141. The summed E-state index contributed by atoms with van der Waals surface area (Å²) in [5.74, 6) is -2.61. The van der Waals surface area contributed by atoms with Gasteiger partial charge in [0.05, 0.1) is 11.7 Å². The second-order valence-electron chi connectivity index (χ2n) is 9.52. The van der Waals surface area contributed by atoms with E-state index < -0.39 is 46.1 Å². The first kappa shape index (κ1) is 27.4. The van der Waals surface area contributed by atoms with Gasteiger partial charge in [0.2, 0.25) is 11.8 Å². The van der Waals surface area contributed by atoms with Gasteiger partial charge in [-0.1, -0.05) is 24.3 Å². The normalized spacial score (nSPS) is 18.3. The molecule has 3 aromatic rings. The maximum atomic E-state index is 13.9. The minimum Gasteiger partial charge on any atom is -0.376 e. The van der Waals surface area contributed by atoms with Crippen LogP contribution in [0.4, 0.5) is 4.39 Å². The summed E-state index contributed by atoms with van der Waals surface area (Å²) in [7, 11) is -4.27. The van der Waals surface area contributed by atoms with Crippen LogP contribution in [0.1, 0.15) is 40.4 Å². The van der Waals surface area contributed by atoms with Crippen LogP contribution in [0, 0.1) is 5.82 Å². The fourth-order valence-electron chi connectivity index (χ4n) is 4.85. The number of fused-ring (bicyclic) bond motifs is 1. The van der Waals surface area contributed by atoms with Crippen molar-refractivity contribution in [3.63, 3.8) is 0 Å². The first-order valence-electron chi connectivity index (χ1n) is 12.7. The smallest absolute Gasteiger partial charge is 0.269 e. The van der Waals surface area contributed by atoms with Crippen molar-refractivity contribution in [2.75, 3.05) is 19.7 Å². The summed E-state index contributed by atoms with van der Waals surface area (Å²) >= 11 is 0. The summed E-state index contributed by atoms with van der Waals surface area (Å²) in [5, 5.41) is 2.85. The van der Waals surface area contributed by atoms with E-state index in [1.54, 1.807) is 12.1 Å². The molecule has 1 fully saturated rings. The van der Waals surface area contributed by atoms with Crippen LogP contribution in [0.25, 0.3) is 0 Å². The number of amides is 3. The maximum Gasteiger partial charge on any atom is 0.269 e. The molecule has 3 amide bonds. The van der Waals surface area contributed by atoms with Crippen LogP contribution in [0.3, 0.4) is 0 Å². The van der Waals surface area contributed by atoms with Gasteiger partial charge in [0.15, 0.2) is 0 Å². The molecule has 40 heavy (non-hydrogen) atoms. The molecule has 1 N–H and O–H groups in total. The predicted octanol–water partition coefficient (Wildman–Crippen LogP) is 2.43. The highest BCUT2D eigenvalue weighted by atomic mass is 32.2. The Morgan fingerprint density at radius 1 is 1.10 bits per heavy atom. The summed E-state index contributed by atoms with van der Waals surface area (Å²) in [6, 6.07) is 13.1. The highest BCUT2D eigenvalue weighted by Crippen LogP contribution is 2.31. The number of hydrogen-bond donors (Lipinski definition) is 1. The largest absolute Gasteiger partial charge is 0.376 e. The minimum absolute atomic E-state index is 0.0274. The lowest BCUT2D eigenvalue weighted by Crippen LogP contribution is -2.48. The number of carbonyl (C=O) groups excluding carboxylic acids is 3. The highest BCUT2D eigenvalue weighted by molar-refractivity contribution is 7.90. The van der Waals surface area contributed by atoms with Crippen LogP contribution in [-0.2, 0) is 30.9 Å². The molecular formula is C28H27FN4O6S. The third-order valence-electron chi connectivity index (χ3n) is 6.89. The Bertz CT molecular complexity index is 1510. The zero-order chi connectivity index (χ0) is 28.3. The number of halogens is 1. The zero-order valence-corrected chi connectivity index (χ0v) is 22.2. The van der Waals surface area contributed by atoms with E-state index in [2.05, 4.69) is 10.3 Å². The summed E-state index contributed by atoms with van der Waals surface area (Å²) in [6.07, 6.45) is 4.45. The van der Waals surface area contributed by atoms with E-state index in [0.29, 0.717) is 22.0 Å². The van der Waals surface area contributed by atoms with E-state index in [-0.39, 0.29) is 29.7 Å². The Hall–Kier alpha value is -4.16. The molecule has 10 nitrogen and oxygen atoms in total. The molecule has 1 aromatic heterocycles. The molecule has 208 valence electrons. The summed E-state index contributed by atoms with van der Waals surface area (Å²) in [4.78, 5) is 45.6. The number of ether oxygens (including phenoxy) is 1. The number of nitrogens with one attached hydrogen (secondary N) is 1. The van der Waals surface area contributed by atoms with Crippen molar-refractivity contribution in [3.8, 4) is 0 Å². The van der Waals surface area contributed by atoms with Gasteiger partial charge in [-0.05, 0) is 60.4 Å². The summed E-state index contributed by atoms with van der Waals surface area (Å²) in [5.41, 5.74) is 0.897. The van der Waals surface area contributed by atoms with Crippen molar-refractivity contribution in [1.82, 2.24) is 19.5 Å². The molecule has 2 aromatic carbocycles. The quantitative estimate of drug-likeness (QED) is 0.422. The van der Waals surface area contributed by atoms with Gasteiger partial charge in [-0.2, -0.15) is 0 Å². The molecule has 2 aliphatic heterocycles. The Morgan fingerprint density at radius 3 is 2.50 bits per heavy atom. The lowest BCUT2D eigenvalue weighted by atomic mass is 10.0. The molecule has 0 saturated carbocycles. The molecule has 3 heterocycles. The number of hydrogen-bond acceptors (Lipinski definition) is 7. The molecule has 1 saturated heterocycles. The Balaban J connectivity index is 1.49. The zero-order valence-electron chi connectivity index (χ0n) is 21.4. The number of benzene rings is 2. The fraction of sp³-hybridized carbons (Fsp3) is 0.286. The summed E-state index contributed by atoms with van der Waals surface area (Å²) < 4.78 is 46.1. The van der Waals surface area contributed by atoms with Gasteiger partial charge in [-0.3, -0.25) is 19.4 Å². The van der Waals surface area contributed by atoms with Crippen molar-refractivity contribution in [1.29, 1.82) is 0 Å². The van der Waals surface area contributed by atoms with E-state index in [1.807, 2.05) is 0 Å². The monoisotopic (exact) mass is 566 g/mol. The van der Waals surface area contributed by atoms with Gasteiger partial charge in [-0.25, -0.2) is 17.1 Å². The second-order valence-corrected chi connectivity index (χ2v) is 11.4. The van der Waals surface area contributed by atoms with Crippen molar-refractivity contribution >= 4 is 27.7 Å². The van der Waals surface area contributed by atoms with Crippen LogP contribution in [-0.4, -0.2) is 66.1 Å². The molecule has 0 bridgehead atoms. The number of carbonyl (C=O) groups is 3. The molecule has 0 spiro atoms. The van der Waals surface area contributed by atoms with E-state index in [0.717, 1.165) is 12.8 Å². The molecule has 0 unspecified atom stereocenters. The number of pyridine rings is 1. The number of rotatable bonds is 9. The molecular weight excluding hydrogens is 539 g/mol. The van der Waals surface area contributed by atoms with Crippen LogP contribution in [0.15, 0.2) is 78.0 Å².